The van der Waals surface area contributed by atoms with Crippen molar-refractivity contribution in [3.8, 4) is 0 Å². The first kappa shape index (κ1) is 7.58. The lowest BCUT2D eigenvalue weighted by Gasteiger charge is -2.44. The van der Waals surface area contributed by atoms with Crippen molar-refractivity contribution in [3.05, 3.63) is 0 Å². The van der Waals surface area contributed by atoms with Gasteiger partial charge in [0.25, 0.3) is 0 Å². The highest BCUT2D eigenvalue weighted by Crippen LogP contribution is 2.38. The molecule has 0 spiro atoms. The van der Waals surface area contributed by atoms with E-state index in [4.69, 9.17) is 4.74 Å². The zero-order valence-electron chi connectivity index (χ0n) is 6.81. The molecule has 58 valence electrons. The Labute approximate surface area is 61.6 Å². The second-order valence-corrected chi connectivity index (χ2v) is 3.05. The Morgan fingerprint density at radius 2 is 2.20 bits per heavy atom. The molecule has 0 N–H and O–H groups in total. The fraction of sp³-hybridized carbons (Fsp3) is 0.875. The molecule has 0 aromatic carbocycles. The minimum atomic E-state index is -0.147. The monoisotopic (exact) mass is 142 g/mol. The molecule has 0 aromatic rings. The quantitative estimate of drug-likeness (QED) is 0.549. The fourth-order valence-corrected chi connectivity index (χ4v) is 1.48. The van der Waals surface area contributed by atoms with Crippen molar-refractivity contribution in [3.63, 3.8) is 0 Å². The number of carbonyl (C=O) groups excluding carboxylic acids is 1. The van der Waals surface area contributed by atoms with Crippen molar-refractivity contribution in [2.75, 3.05) is 0 Å². The molecule has 1 rings (SSSR count). The molecule has 1 saturated heterocycles. The van der Waals surface area contributed by atoms with Crippen LogP contribution in [0.25, 0.3) is 0 Å². The van der Waals surface area contributed by atoms with Crippen molar-refractivity contribution < 1.29 is 9.53 Å². The highest BCUT2D eigenvalue weighted by atomic mass is 16.6. The third-order valence-electron chi connectivity index (χ3n) is 2.47. The third kappa shape index (κ3) is 0.825. The maximum absolute atomic E-state index is 10.8. The second-order valence-electron chi connectivity index (χ2n) is 3.05. The van der Waals surface area contributed by atoms with Gasteiger partial charge >= 0.3 is 5.97 Å². The molecule has 0 saturated carbocycles. The molecule has 1 heterocycles. The predicted molar refractivity (Wildman–Crippen MR) is 38.6 cm³/mol. The summed E-state index contributed by atoms with van der Waals surface area (Å²) < 4.78 is 5.04. The van der Waals surface area contributed by atoms with Crippen molar-refractivity contribution in [1.82, 2.24) is 0 Å². The molecule has 10 heavy (non-hydrogen) atoms. The van der Waals surface area contributed by atoms with Gasteiger partial charge in [0.1, 0.15) is 5.60 Å². The second kappa shape index (κ2) is 2.26. The molecule has 2 atom stereocenters. The van der Waals surface area contributed by atoms with E-state index in [-0.39, 0.29) is 17.5 Å². The van der Waals surface area contributed by atoms with Gasteiger partial charge in [-0.2, -0.15) is 0 Å². The van der Waals surface area contributed by atoms with E-state index in [9.17, 15) is 4.79 Å². The fourth-order valence-electron chi connectivity index (χ4n) is 1.48. The Morgan fingerprint density at radius 3 is 2.40 bits per heavy atom. The van der Waals surface area contributed by atoms with Gasteiger partial charge in [-0.3, -0.25) is 4.79 Å². The molecular weight excluding hydrogens is 128 g/mol. The van der Waals surface area contributed by atoms with Gasteiger partial charge in [-0.1, -0.05) is 13.8 Å². The molecule has 1 fully saturated rings. The molecule has 2 heteroatoms. The van der Waals surface area contributed by atoms with Gasteiger partial charge in [-0.05, 0) is 19.8 Å². The summed E-state index contributed by atoms with van der Waals surface area (Å²) in [5, 5.41) is 0. The Kier molecular flexibility index (Phi) is 1.71. The van der Waals surface area contributed by atoms with Crippen LogP contribution in [0.15, 0.2) is 0 Å². The van der Waals surface area contributed by atoms with Crippen molar-refractivity contribution in [1.29, 1.82) is 0 Å². The zero-order valence-corrected chi connectivity index (χ0v) is 6.81. The maximum Gasteiger partial charge on any atom is 0.313 e. The van der Waals surface area contributed by atoms with E-state index in [1.165, 1.54) is 0 Å². The van der Waals surface area contributed by atoms with E-state index in [2.05, 4.69) is 6.92 Å². The Balaban J connectivity index is 2.59. The normalized spacial score (nSPS) is 38.7. The minimum Gasteiger partial charge on any atom is -0.458 e. The van der Waals surface area contributed by atoms with Crippen LogP contribution < -0.4 is 0 Å². The number of hydrogen-bond donors (Lipinski definition) is 0. The van der Waals surface area contributed by atoms with Crippen LogP contribution in [0.5, 0.6) is 0 Å². The lowest BCUT2D eigenvalue weighted by Crippen LogP contribution is -2.54. The van der Waals surface area contributed by atoms with E-state index in [1.807, 2.05) is 13.8 Å². The van der Waals surface area contributed by atoms with E-state index < -0.39 is 0 Å². The molecule has 0 radical (unpaired) electrons. The number of ether oxygens (including phenoxy) is 1. The topological polar surface area (TPSA) is 26.3 Å². The van der Waals surface area contributed by atoms with Crippen LogP contribution in [0.3, 0.4) is 0 Å². The summed E-state index contributed by atoms with van der Waals surface area (Å²) >= 11 is 0. The van der Waals surface area contributed by atoms with E-state index in [0.29, 0.717) is 0 Å². The lowest BCUT2D eigenvalue weighted by atomic mass is 9.80. The zero-order chi connectivity index (χ0) is 7.78. The van der Waals surface area contributed by atoms with Crippen LogP contribution in [0.2, 0.25) is 0 Å². The standard InChI is InChI=1S/C8H14O2/c1-4-6-7(9)10-8(6,3)5-2/h6H,4-5H2,1-3H3. The first-order valence-corrected chi connectivity index (χ1v) is 3.87. The van der Waals surface area contributed by atoms with Gasteiger partial charge in [-0.25, -0.2) is 0 Å². The number of carbonyl (C=O) groups is 1. The first-order valence-electron chi connectivity index (χ1n) is 3.87. The van der Waals surface area contributed by atoms with Crippen LogP contribution in [-0.2, 0) is 9.53 Å². The molecule has 1 aliphatic rings. The van der Waals surface area contributed by atoms with Crippen LogP contribution in [0, 0.1) is 5.92 Å². The first-order chi connectivity index (χ1) is 4.64. The van der Waals surface area contributed by atoms with Crippen LogP contribution in [0.4, 0.5) is 0 Å². The van der Waals surface area contributed by atoms with Gasteiger partial charge in [0.2, 0.25) is 0 Å². The highest BCUT2D eigenvalue weighted by molar-refractivity contribution is 5.79. The molecule has 0 aliphatic carbocycles. The minimum absolute atomic E-state index is 0.0214. The van der Waals surface area contributed by atoms with Crippen LogP contribution >= 0.6 is 0 Å². The van der Waals surface area contributed by atoms with Gasteiger partial charge in [0, 0.05) is 0 Å². The number of hydrogen-bond acceptors (Lipinski definition) is 2. The average molecular weight is 142 g/mol. The van der Waals surface area contributed by atoms with E-state index in [0.717, 1.165) is 12.8 Å². The molecule has 2 nitrogen and oxygen atoms in total. The lowest BCUT2D eigenvalue weighted by molar-refractivity contribution is -0.209. The SMILES string of the molecule is CCC1C(=O)OC1(C)CC. The number of rotatable bonds is 2. The molecule has 2 unspecified atom stereocenters. The molecule has 1 aliphatic heterocycles. The van der Waals surface area contributed by atoms with Gasteiger partial charge in [0.05, 0.1) is 5.92 Å². The highest BCUT2D eigenvalue weighted by Gasteiger charge is 2.50. The summed E-state index contributed by atoms with van der Waals surface area (Å²) in [6.07, 6.45) is 1.83. The Bertz CT molecular complexity index is 153. The summed E-state index contributed by atoms with van der Waals surface area (Å²) in [5.74, 6) is 0.129. The average Bonchev–Trinajstić information content (AvgIpc) is 1.88. The molecule has 0 aromatic heterocycles. The van der Waals surface area contributed by atoms with Crippen LogP contribution in [-0.4, -0.2) is 11.6 Å². The Hall–Kier alpha value is -0.530. The van der Waals surface area contributed by atoms with Gasteiger partial charge in [-0.15, -0.1) is 0 Å². The smallest absolute Gasteiger partial charge is 0.313 e. The number of cyclic esters (lactones) is 1. The van der Waals surface area contributed by atoms with Gasteiger partial charge < -0.3 is 4.74 Å². The predicted octanol–water partition coefficient (Wildman–Crippen LogP) is 1.74. The van der Waals surface area contributed by atoms with E-state index in [1.54, 1.807) is 0 Å². The molecular formula is C8H14O2. The number of esters is 1. The van der Waals surface area contributed by atoms with Crippen molar-refractivity contribution in [2.45, 2.75) is 39.2 Å². The summed E-state index contributed by atoms with van der Waals surface area (Å²) in [4.78, 5) is 10.8. The van der Waals surface area contributed by atoms with Gasteiger partial charge in [0.15, 0.2) is 0 Å². The maximum atomic E-state index is 10.8. The van der Waals surface area contributed by atoms with Crippen LogP contribution in [0.1, 0.15) is 33.6 Å². The van der Waals surface area contributed by atoms with Crippen molar-refractivity contribution >= 4 is 5.97 Å². The largest absolute Gasteiger partial charge is 0.458 e. The summed E-state index contributed by atoms with van der Waals surface area (Å²) in [5.41, 5.74) is -0.147. The Morgan fingerprint density at radius 1 is 1.60 bits per heavy atom. The summed E-state index contributed by atoms with van der Waals surface area (Å²) in [6, 6.07) is 0. The summed E-state index contributed by atoms with van der Waals surface area (Å²) in [6.45, 7) is 6.08. The summed E-state index contributed by atoms with van der Waals surface area (Å²) in [7, 11) is 0. The molecule has 0 amide bonds. The van der Waals surface area contributed by atoms with Crippen molar-refractivity contribution in [2.24, 2.45) is 5.92 Å². The van der Waals surface area contributed by atoms with E-state index >= 15 is 0 Å². The third-order valence-corrected chi connectivity index (χ3v) is 2.47. The molecule has 0 bridgehead atoms.